The Morgan fingerprint density at radius 2 is 1.71 bits per heavy atom. The molecule has 0 spiro atoms. The number of aliphatic hydroxyl groups is 1. The molecule has 4 saturated heterocycles. The number of sulfonamides is 1. The van der Waals surface area contributed by atoms with Crippen LogP contribution in [0.25, 0.3) is 11.1 Å². The SMILES string of the molecule is C[C@@H](O)[C@H]1C(=O)N2C(C(=O)O)=C(CN3c4ccccc4-c4cc(CC[N+]56CC[N+](CC(=O)NCCN)(CC5)CC6)ccc4S3(=O)=O)[C@H](C)[C@H]12. The Hall–Kier alpha value is -3.82. The van der Waals surface area contributed by atoms with Crippen molar-refractivity contribution in [2.24, 2.45) is 17.6 Å². The summed E-state index contributed by atoms with van der Waals surface area (Å²) in [6, 6.07) is 12.3. The fourth-order valence-corrected chi connectivity index (χ4v) is 10.6. The Morgan fingerprint density at radius 3 is 2.37 bits per heavy atom. The maximum atomic E-state index is 14.3. The smallest absolute Gasteiger partial charge is 0.352 e. The van der Waals surface area contributed by atoms with Gasteiger partial charge < -0.3 is 35.1 Å². The lowest BCUT2D eigenvalue weighted by atomic mass is 9.77. The zero-order valence-corrected chi connectivity index (χ0v) is 28.9. The summed E-state index contributed by atoms with van der Waals surface area (Å²) < 4.78 is 31.8. The molecule has 0 saturated carbocycles. The molecule has 2 aromatic rings. The van der Waals surface area contributed by atoms with Gasteiger partial charge >= 0.3 is 5.97 Å². The lowest BCUT2D eigenvalue weighted by molar-refractivity contribution is -1.08. The van der Waals surface area contributed by atoms with E-state index in [0.717, 1.165) is 72.3 Å². The molecule has 262 valence electrons. The number of carbonyl (C=O) groups excluding carboxylic acids is 2. The molecule has 6 aliphatic heterocycles. The average molecular weight is 695 g/mol. The molecule has 0 aliphatic carbocycles. The van der Waals surface area contributed by atoms with Crippen molar-refractivity contribution in [3.8, 4) is 11.1 Å². The van der Waals surface area contributed by atoms with E-state index < -0.39 is 45.9 Å². The topological polar surface area (TPSA) is 170 Å². The highest BCUT2D eigenvalue weighted by Crippen LogP contribution is 2.50. The first kappa shape index (κ1) is 33.7. The summed E-state index contributed by atoms with van der Waals surface area (Å²) in [5, 5.41) is 23.3. The monoisotopic (exact) mass is 694 g/mol. The molecule has 4 atom stereocenters. The van der Waals surface area contributed by atoms with Crippen LogP contribution in [0.2, 0.25) is 0 Å². The number of quaternary nitrogens is 2. The van der Waals surface area contributed by atoms with Gasteiger partial charge in [-0.05, 0) is 36.3 Å². The number of aliphatic hydroxyl groups excluding tert-OH is 1. The van der Waals surface area contributed by atoms with Crippen LogP contribution in [-0.2, 0) is 30.8 Å². The number of piperazine rings is 3. The third kappa shape index (κ3) is 5.44. The van der Waals surface area contributed by atoms with Gasteiger partial charge in [0.05, 0.1) is 41.7 Å². The number of nitrogens with zero attached hydrogens (tertiary/aromatic N) is 4. The second-order valence-electron chi connectivity index (χ2n) is 14.6. The summed E-state index contributed by atoms with van der Waals surface area (Å²) in [5.74, 6) is -2.87. The molecule has 14 heteroatoms. The molecule has 0 aromatic heterocycles. The third-order valence-electron chi connectivity index (χ3n) is 11.9. The number of anilines is 1. The lowest BCUT2D eigenvalue weighted by Crippen LogP contribution is -2.76. The van der Waals surface area contributed by atoms with Crippen LogP contribution < -0.4 is 15.4 Å². The summed E-state index contributed by atoms with van der Waals surface area (Å²) >= 11 is 0. The van der Waals surface area contributed by atoms with Crippen molar-refractivity contribution in [1.82, 2.24) is 10.2 Å². The second-order valence-corrected chi connectivity index (χ2v) is 16.4. The Kier molecular flexibility index (Phi) is 8.38. The van der Waals surface area contributed by atoms with Gasteiger partial charge in [0.25, 0.3) is 15.9 Å². The number of nitrogens with one attached hydrogen (secondary N) is 1. The van der Waals surface area contributed by atoms with Gasteiger partial charge in [-0.25, -0.2) is 13.2 Å². The minimum Gasteiger partial charge on any atom is -0.477 e. The highest BCUT2D eigenvalue weighted by molar-refractivity contribution is 7.93. The van der Waals surface area contributed by atoms with Crippen molar-refractivity contribution in [3.63, 3.8) is 0 Å². The number of carbonyl (C=O) groups is 3. The third-order valence-corrected chi connectivity index (χ3v) is 13.7. The summed E-state index contributed by atoms with van der Waals surface area (Å²) in [6.07, 6.45) is -0.161. The van der Waals surface area contributed by atoms with E-state index in [4.69, 9.17) is 5.73 Å². The van der Waals surface area contributed by atoms with E-state index in [0.29, 0.717) is 36.5 Å². The lowest BCUT2D eigenvalue weighted by Gasteiger charge is -2.55. The van der Waals surface area contributed by atoms with Crippen molar-refractivity contribution in [2.45, 2.75) is 37.3 Å². The molecule has 6 aliphatic rings. The number of carboxylic acids is 1. The number of hydrogen-bond acceptors (Lipinski definition) is 7. The molecule has 2 bridgehead atoms. The van der Waals surface area contributed by atoms with E-state index in [1.54, 1.807) is 25.1 Å². The number of rotatable bonds is 11. The molecular weight excluding hydrogens is 648 g/mol. The highest BCUT2D eigenvalue weighted by atomic mass is 32.2. The van der Waals surface area contributed by atoms with Gasteiger partial charge in [0.2, 0.25) is 5.91 Å². The molecular formula is C35H46N6O7S+2. The maximum Gasteiger partial charge on any atom is 0.352 e. The molecule has 0 unspecified atom stereocenters. The van der Waals surface area contributed by atoms with E-state index in [2.05, 4.69) is 5.32 Å². The van der Waals surface area contributed by atoms with Gasteiger partial charge in [0.15, 0.2) is 6.54 Å². The Bertz CT molecular complexity index is 1840. The van der Waals surface area contributed by atoms with Gasteiger partial charge in [0, 0.05) is 36.6 Å². The number of benzene rings is 2. The molecule has 0 radical (unpaired) electrons. The second kappa shape index (κ2) is 12.2. The summed E-state index contributed by atoms with van der Waals surface area (Å²) in [7, 11) is -4.09. The van der Waals surface area contributed by atoms with Gasteiger partial charge in [-0.3, -0.25) is 13.9 Å². The number of aliphatic carboxylic acids is 1. The number of para-hydroxylation sites is 1. The summed E-state index contributed by atoms with van der Waals surface area (Å²) in [6.45, 7) is 11.4. The van der Waals surface area contributed by atoms with Crippen molar-refractivity contribution in [3.05, 3.63) is 59.3 Å². The largest absolute Gasteiger partial charge is 0.477 e. The number of hydrogen-bond donors (Lipinski definition) is 4. The Balaban J connectivity index is 1.11. The van der Waals surface area contributed by atoms with Crippen LogP contribution in [0.4, 0.5) is 5.69 Å². The van der Waals surface area contributed by atoms with Gasteiger partial charge in [0.1, 0.15) is 45.0 Å². The predicted octanol–water partition coefficient (Wildman–Crippen LogP) is 0.337. The maximum absolute atomic E-state index is 14.3. The van der Waals surface area contributed by atoms with Crippen LogP contribution in [0.15, 0.2) is 58.6 Å². The minimum absolute atomic E-state index is 0.0666. The first-order valence-electron chi connectivity index (χ1n) is 17.2. The van der Waals surface area contributed by atoms with E-state index in [-0.39, 0.29) is 23.0 Å². The molecule has 49 heavy (non-hydrogen) atoms. The molecule has 6 heterocycles. The van der Waals surface area contributed by atoms with Gasteiger partial charge in [-0.2, -0.15) is 0 Å². The summed E-state index contributed by atoms with van der Waals surface area (Å²) in [4.78, 5) is 39.2. The fraction of sp³-hybridized carbons (Fsp3) is 0.514. The normalized spacial score (nSPS) is 30.0. The van der Waals surface area contributed by atoms with Crippen molar-refractivity contribution in [1.29, 1.82) is 0 Å². The quantitative estimate of drug-likeness (QED) is 0.193. The first-order valence-corrected chi connectivity index (χ1v) is 18.6. The van der Waals surface area contributed by atoms with Crippen LogP contribution in [-0.4, -0.2) is 134 Å². The van der Waals surface area contributed by atoms with E-state index in [1.165, 1.54) is 16.1 Å². The van der Waals surface area contributed by atoms with E-state index in [9.17, 15) is 33.0 Å². The Labute approximate surface area is 286 Å². The van der Waals surface area contributed by atoms with Crippen molar-refractivity contribution in [2.75, 3.05) is 76.3 Å². The van der Waals surface area contributed by atoms with E-state index in [1.807, 2.05) is 24.3 Å². The van der Waals surface area contributed by atoms with Crippen LogP contribution in [0, 0.1) is 11.8 Å². The standard InChI is InChI=1S/C35H44N6O7S/c1-22-27(33(35(45)46)39-32(22)31(23(2)42)34(39)44)20-38-28-6-4-3-5-25(28)26-19-24(7-8-29(26)49(38,47)48)9-12-40-13-16-41(17-14-40,18-15-40)21-30(43)37-11-10-36/h3-8,19,22-23,31-32,42H,9-18,20-21,36H2,1-2H3/p+2/t22-,23+,31+,32+,40?,41?/m0/s1. The minimum atomic E-state index is -4.09. The Morgan fingerprint density at radius 1 is 1.04 bits per heavy atom. The van der Waals surface area contributed by atoms with Crippen molar-refractivity contribution >= 4 is 33.5 Å². The molecule has 5 N–H and O–H groups in total. The van der Waals surface area contributed by atoms with Crippen LogP contribution in [0.5, 0.6) is 0 Å². The molecule has 8 rings (SSSR count). The first-order chi connectivity index (χ1) is 23.3. The van der Waals surface area contributed by atoms with E-state index >= 15 is 0 Å². The molecule has 2 aromatic carbocycles. The zero-order chi connectivity index (χ0) is 34.9. The number of nitrogens with two attached hydrogens (primary N) is 1. The number of carboxylic acid groups (broad SMARTS) is 1. The number of fused-ring (bicyclic) bond motifs is 7. The summed E-state index contributed by atoms with van der Waals surface area (Å²) in [5.41, 5.74) is 8.59. The van der Waals surface area contributed by atoms with Crippen LogP contribution >= 0.6 is 0 Å². The van der Waals surface area contributed by atoms with Crippen LogP contribution in [0.1, 0.15) is 19.4 Å². The predicted molar refractivity (Wildman–Crippen MR) is 181 cm³/mol. The molecule has 13 nitrogen and oxygen atoms in total. The van der Waals surface area contributed by atoms with Gasteiger partial charge in [-0.1, -0.05) is 31.2 Å². The fourth-order valence-electron chi connectivity index (χ4n) is 8.97. The van der Waals surface area contributed by atoms with Gasteiger partial charge in [-0.15, -0.1) is 0 Å². The van der Waals surface area contributed by atoms with Crippen molar-refractivity contribution < 1.29 is 42.0 Å². The highest BCUT2D eigenvalue weighted by Gasteiger charge is 2.60. The average Bonchev–Trinajstić information content (AvgIpc) is 3.32. The molecule has 4 fully saturated rings. The number of amides is 2. The zero-order valence-electron chi connectivity index (χ0n) is 28.0. The van der Waals surface area contributed by atoms with Crippen LogP contribution in [0.3, 0.4) is 0 Å². The number of β-lactam (4-membered cyclic amide) rings is 1. The molecule has 2 amide bonds.